The molecule has 0 atom stereocenters. The van der Waals surface area contributed by atoms with Crippen LogP contribution in [0.15, 0.2) is 24.3 Å². The van der Waals surface area contributed by atoms with Crippen LogP contribution < -0.4 is 16.0 Å². The van der Waals surface area contributed by atoms with Crippen LogP contribution in [-0.2, 0) is 9.59 Å². The zero-order valence-corrected chi connectivity index (χ0v) is 12.5. The summed E-state index contributed by atoms with van der Waals surface area (Å²) in [4.78, 5) is 36.8. The van der Waals surface area contributed by atoms with Gasteiger partial charge in [-0.15, -0.1) is 0 Å². The SMILES string of the molecule is CCNC(=O)c1cccc(NC(=O)CN2CCNC(=O)C2)c1. The topological polar surface area (TPSA) is 90.5 Å². The number of nitrogens with one attached hydrogen (secondary N) is 3. The van der Waals surface area contributed by atoms with Crippen molar-refractivity contribution in [3.63, 3.8) is 0 Å². The molecule has 1 aliphatic rings. The van der Waals surface area contributed by atoms with Gasteiger partial charge in [0.15, 0.2) is 0 Å². The lowest BCUT2D eigenvalue weighted by Gasteiger charge is -2.25. The van der Waals surface area contributed by atoms with Gasteiger partial charge in [0.05, 0.1) is 13.1 Å². The van der Waals surface area contributed by atoms with Crippen molar-refractivity contribution in [2.24, 2.45) is 0 Å². The number of amides is 3. The molecule has 2 rings (SSSR count). The van der Waals surface area contributed by atoms with E-state index in [1.807, 2.05) is 6.92 Å². The van der Waals surface area contributed by atoms with Gasteiger partial charge in [0.25, 0.3) is 5.91 Å². The summed E-state index contributed by atoms with van der Waals surface area (Å²) < 4.78 is 0. The van der Waals surface area contributed by atoms with E-state index in [1.165, 1.54) is 0 Å². The molecule has 0 saturated carbocycles. The summed E-state index contributed by atoms with van der Waals surface area (Å²) in [6.45, 7) is 3.98. The minimum absolute atomic E-state index is 0.0720. The average molecular weight is 304 g/mol. The summed E-state index contributed by atoms with van der Waals surface area (Å²) in [5.41, 5.74) is 1.06. The van der Waals surface area contributed by atoms with Crippen LogP contribution in [0.3, 0.4) is 0 Å². The molecule has 1 fully saturated rings. The van der Waals surface area contributed by atoms with Gasteiger partial charge < -0.3 is 16.0 Å². The fourth-order valence-corrected chi connectivity index (χ4v) is 2.23. The molecule has 1 heterocycles. The maximum atomic E-state index is 12.0. The van der Waals surface area contributed by atoms with Crippen LogP contribution in [0.5, 0.6) is 0 Å². The number of piperazine rings is 1. The average Bonchev–Trinajstić information content (AvgIpc) is 2.47. The summed E-state index contributed by atoms with van der Waals surface area (Å²) in [6.07, 6.45) is 0. The number of nitrogens with zero attached hydrogens (tertiary/aromatic N) is 1. The van der Waals surface area contributed by atoms with Crippen molar-refractivity contribution in [3.8, 4) is 0 Å². The van der Waals surface area contributed by atoms with Gasteiger partial charge in [-0.2, -0.15) is 0 Å². The zero-order chi connectivity index (χ0) is 15.9. The second kappa shape index (κ2) is 7.56. The Balaban J connectivity index is 1.92. The predicted molar refractivity (Wildman–Crippen MR) is 82.5 cm³/mol. The third kappa shape index (κ3) is 4.56. The summed E-state index contributed by atoms with van der Waals surface area (Å²) >= 11 is 0. The van der Waals surface area contributed by atoms with Crippen molar-refractivity contribution < 1.29 is 14.4 Å². The molecule has 118 valence electrons. The van der Waals surface area contributed by atoms with Crippen molar-refractivity contribution in [3.05, 3.63) is 29.8 Å². The first-order chi connectivity index (χ1) is 10.6. The molecule has 0 spiro atoms. The number of benzene rings is 1. The van der Waals surface area contributed by atoms with Crippen LogP contribution in [-0.4, -0.2) is 55.3 Å². The Morgan fingerprint density at radius 1 is 1.36 bits per heavy atom. The molecule has 0 radical (unpaired) electrons. The molecule has 1 saturated heterocycles. The third-order valence-corrected chi connectivity index (χ3v) is 3.23. The van der Waals surface area contributed by atoms with Crippen molar-refractivity contribution in [2.45, 2.75) is 6.92 Å². The standard InChI is InChI=1S/C15H20N4O3/c1-2-16-15(22)11-4-3-5-12(8-11)18-14(21)10-19-7-6-17-13(20)9-19/h3-5,8H,2,6-7,9-10H2,1H3,(H,16,22)(H,17,20)(H,18,21). The van der Waals surface area contributed by atoms with Crippen molar-refractivity contribution in [1.82, 2.24) is 15.5 Å². The van der Waals surface area contributed by atoms with Crippen LogP contribution in [0.1, 0.15) is 17.3 Å². The van der Waals surface area contributed by atoms with E-state index in [0.29, 0.717) is 30.9 Å². The van der Waals surface area contributed by atoms with Crippen LogP contribution >= 0.6 is 0 Å². The fourth-order valence-electron chi connectivity index (χ4n) is 2.23. The van der Waals surface area contributed by atoms with Gasteiger partial charge in [0.2, 0.25) is 11.8 Å². The molecule has 0 unspecified atom stereocenters. The Bertz CT molecular complexity index is 574. The van der Waals surface area contributed by atoms with Gasteiger partial charge in [0, 0.05) is 30.9 Å². The Morgan fingerprint density at radius 3 is 2.91 bits per heavy atom. The highest BCUT2D eigenvalue weighted by Crippen LogP contribution is 2.11. The molecular weight excluding hydrogens is 284 g/mol. The lowest BCUT2D eigenvalue weighted by Crippen LogP contribution is -2.49. The lowest BCUT2D eigenvalue weighted by molar-refractivity contribution is -0.125. The smallest absolute Gasteiger partial charge is 0.251 e. The van der Waals surface area contributed by atoms with E-state index in [4.69, 9.17) is 0 Å². The van der Waals surface area contributed by atoms with Gasteiger partial charge in [-0.1, -0.05) is 6.07 Å². The molecule has 0 aromatic heterocycles. The molecular formula is C15H20N4O3. The van der Waals surface area contributed by atoms with Gasteiger partial charge in [-0.3, -0.25) is 19.3 Å². The molecule has 22 heavy (non-hydrogen) atoms. The van der Waals surface area contributed by atoms with Crippen LogP contribution in [0, 0.1) is 0 Å². The molecule has 7 heteroatoms. The summed E-state index contributed by atoms with van der Waals surface area (Å²) in [5, 5.41) is 8.17. The first kappa shape index (κ1) is 16.0. The monoisotopic (exact) mass is 304 g/mol. The molecule has 3 amide bonds. The molecule has 1 aliphatic heterocycles. The minimum atomic E-state index is -0.206. The minimum Gasteiger partial charge on any atom is -0.354 e. The van der Waals surface area contributed by atoms with Gasteiger partial charge >= 0.3 is 0 Å². The Labute approximate surface area is 129 Å². The van der Waals surface area contributed by atoms with Gasteiger partial charge in [-0.05, 0) is 25.1 Å². The molecule has 0 bridgehead atoms. The Morgan fingerprint density at radius 2 is 2.18 bits per heavy atom. The third-order valence-electron chi connectivity index (χ3n) is 3.23. The second-order valence-corrected chi connectivity index (χ2v) is 5.05. The van der Waals surface area contributed by atoms with E-state index >= 15 is 0 Å². The van der Waals surface area contributed by atoms with Crippen molar-refractivity contribution in [1.29, 1.82) is 0 Å². The predicted octanol–water partition coefficient (Wildman–Crippen LogP) is -0.193. The van der Waals surface area contributed by atoms with Gasteiger partial charge in [-0.25, -0.2) is 0 Å². The van der Waals surface area contributed by atoms with E-state index in [0.717, 1.165) is 0 Å². The highest BCUT2D eigenvalue weighted by molar-refractivity contribution is 5.97. The normalized spacial score (nSPS) is 15.0. The van der Waals surface area contributed by atoms with Crippen LogP contribution in [0.25, 0.3) is 0 Å². The number of carbonyl (C=O) groups is 3. The quantitative estimate of drug-likeness (QED) is 0.703. The number of rotatable bonds is 5. The zero-order valence-electron chi connectivity index (χ0n) is 12.5. The maximum Gasteiger partial charge on any atom is 0.251 e. The molecule has 1 aromatic rings. The molecule has 1 aromatic carbocycles. The molecule has 0 aliphatic carbocycles. The van der Waals surface area contributed by atoms with Crippen LogP contribution in [0.4, 0.5) is 5.69 Å². The van der Waals surface area contributed by atoms with Crippen molar-refractivity contribution >= 4 is 23.4 Å². The first-order valence-electron chi connectivity index (χ1n) is 7.25. The van der Waals surface area contributed by atoms with Gasteiger partial charge in [0.1, 0.15) is 0 Å². The van der Waals surface area contributed by atoms with E-state index in [1.54, 1.807) is 29.2 Å². The maximum absolute atomic E-state index is 12.0. The molecule has 7 nitrogen and oxygen atoms in total. The second-order valence-electron chi connectivity index (χ2n) is 5.05. The Kier molecular flexibility index (Phi) is 5.48. The Hall–Kier alpha value is -2.41. The largest absolute Gasteiger partial charge is 0.354 e. The summed E-state index contributed by atoms with van der Waals surface area (Å²) in [5.74, 6) is -0.452. The fraction of sp³-hybridized carbons (Fsp3) is 0.400. The lowest BCUT2D eigenvalue weighted by atomic mass is 10.2. The number of anilines is 1. The number of hydrogen-bond donors (Lipinski definition) is 3. The molecule has 3 N–H and O–H groups in total. The number of carbonyl (C=O) groups excluding carboxylic acids is 3. The summed E-state index contributed by atoms with van der Waals surface area (Å²) in [7, 11) is 0. The highest BCUT2D eigenvalue weighted by atomic mass is 16.2. The number of hydrogen-bond acceptors (Lipinski definition) is 4. The summed E-state index contributed by atoms with van der Waals surface area (Å²) in [6, 6.07) is 6.76. The highest BCUT2D eigenvalue weighted by Gasteiger charge is 2.18. The van der Waals surface area contributed by atoms with E-state index in [2.05, 4.69) is 16.0 Å². The first-order valence-corrected chi connectivity index (χ1v) is 7.25. The van der Waals surface area contributed by atoms with E-state index in [9.17, 15) is 14.4 Å². The van der Waals surface area contributed by atoms with Crippen LogP contribution in [0.2, 0.25) is 0 Å². The van der Waals surface area contributed by atoms with E-state index in [-0.39, 0.29) is 30.8 Å². The van der Waals surface area contributed by atoms with E-state index < -0.39 is 0 Å². The van der Waals surface area contributed by atoms with Crippen molar-refractivity contribution in [2.75, 3.05) is 38.0 Å².